The highest BCUT2D eigenvalue weighted by Gasteiger charge is 2.12. The van der Waals surface area contributed by atoms with Crippen LogP contribution in [-0.2, 0) is 6.54 Å². The van der Waals surface area contributed by atoms with Crippen LogP contribution >= 0.6 is 0 Å². The highest BCUT2D eigenvalue weighted by molar-refractivity contribution is 5.94. The predicted octanol–water partition coefficient (Wildman–Crippen LogP) is 2.21. The summed E-state index contributed by atoms with van der Waals surface area (Å²) in [5, 5.41) is 6.83. The zero-order valence-corrected chi connectivity index (χ0v) is 11.3. The molecular weight excluding hydrogens is 264 g/mol. The number of benzene rings is 1. The van der Waals surface area contributed by atoms with Gasteiger partial charge in [0.15, 0.2) is 0 Å². The zero-order valence-electron chi connectivity index (χ0n) is 11.3. The van der Waals surface area contributed by atoms with Gasteiger partial charge in [0.2, 0.25) is 0 Å². The quantitative estimate of drug-likeness (QED) is 0.932. The number of aromatic nitrogens is 2. The van der Waals surface area contributed by atoms with E-state index in [-0.39, 0.29) is 5.56 Å². The van der Waals surface area contributed by atoms with Gasteiger partial charge in [-0.2, -0.15) is 5.10 Å². The van der Waals surface area contributed by atoms with Crippen LogP contribution in [0.2, 0.25) is 0 Å². The minimum Gasteiger partial charge on any atom is -0.350 e. The molecule has 0 aliphatic heterocycles. The maximum atomic E-state index is 13.4. The van der Waals surface area contributed by atoms with Crippen LogP contribution in [0.25, 0.3) is 0 Å². The monoisotopic (exact) mass is 279 g/mol. The van der Waals surface area contributed by atoms with Crippen molar-refractivity contribution in [1.29, 1.82) is 0 Å². The lowest BCUT2D eigenvalue weighted by molar-refractivity contribution is 0.0947. The molecular formula is C14H15F2N3O. The van der Waals surface area contributed by atoms with E-state index in [4.69, 9.17) is 0 Å². The smallest absolute Gasteiger partial charge is 0.254 e. The lowest BCUT2D eigenvalue weighted by Crippen LogP contribution is -2.28. The van der Waals surface area contributed by atoms with Crippen LogP contribution in [-0.4, -0.2) is 22.2 Å². The van der Waals surface area contributed by atoms with E-state index < -0.39 is 17.5 Å². The number of hydrogen-bond acceptors (Lipinski definition) is 2. The van der Waals surface area contributed by atoms with E-state index in [1.165, 1.54) is 0 Å². The van der Waals surface area contributed by atoms with Crippen molar-refractivity contribution in [3.05, 3.63) is 52.9 Å². The molecule has 1 aromatic heterocycles. The van der Waals surface area contributed by atoms with Gasteiger partial charge in [-0.1, -0.05) is 0 Å². The first kappa shape index (κ1) is 14.2. The van der Waals surface area contributed by atoms with Crippen LogP contribution in [0.4, 0.5) is 8.78 Å². The van der Waals surface area contributed by atoms with Crippen molar-refractivity contribution in [3.63, 3.8) is 0 Å². The molecule has 0 bridgehead atoms. The van der Waals surface area contributed by atoms with Crippen LogP contribution in [0.3, 0.4) is 0 Å². The Morgan fingerprint density at radius 3 is 2.65 bits per heavy atom. The standard InChI is InChI=1S/C14H15F2N3O/c1-9-7-10(2)19(18-9)6-5-17-14(20)12-4-3-11(15)8-13(12)16/h3-4,7-8H,5-6H2,1-2H3,(H,17,20). The van der Waals surface area contributed by atoms with E-state index in [2.05, 4.69) is 10.4 Å². The summed E-state index contributed by atoms with van der Waals surface area (Å²) in [6.45, 7) is 4.61. The molecule has 2 rings (SSSR count). The highest BCUT2D eigenvalue weighted by Crippen LogP contribution is 2.09. The number of nitrogens with zero attached hydrogens (tertiary/aromatic N) is 2. The number of carbonyl (C=O) groups is 1. The molecule has 4 nitrogen and oxygen atoms in total. The molecule has 0 atom stereocenters. The van der Waals surface area contributed by atoms with Crippen molar-refractivity contribution in [2.45, 2.75) is 20.4 Å². The molecule has 0 fully saturated rings. The second kappa shape index (κ2) is 5.81. The second-order valence-corrected chi connectivity index (χ2v) is 4.53. The summed E-state index contributed by atoms with van der Waals surface area (Å²) in [5.41, 5.74) is 1.72. The van der Waals surface area contributed by atoms with Gasteiger partial charge in [-0.15, -0.1) is 0 Å². The molecule has 0 unspecified atom stereocenters. The molecule has 0 saturated carbocycles. The largest absolute Gasteiger partial charge is 0.350 e. The van der Waals surface area contributed by atoms with Crippen LogP contribution in [0.15, 0.2) is 24.3 Å². The number of carbonyl (C=O) groups excluding carboxylic acids is 1. The van der Waals surface area contributed by atoms with Gasteiger partial charge in [0.05, 0.1) is 17.8 Å². The summed E-state index contributed by atoms with van der Waals surface area (Å²) in [7, 11) is 0. The first-order chi connectivity index (χ1) is 9.47. The first-order valence-corrected chi connectivity index (χ1v) is 6.21. The number of nitrogens with one attached hydrogen (secondary N) is 1. The number of halogens is 2. The second-order valence-electron chi connectivity index (χ2n) is 4.53. The molecule has 0 spiro atoms. The van der Waals surface area contributed by atoms with Crippen LogP contribution in [0.1, 0.15) is 21.7 Å². The third-order valence-corrected chi connectivity index (χ3v) is 2.89. The molecule has 2 aromatic rings. The van der Waals surface area contributed by atoms with Crippen LogP contribution in [0, 0.1) is 25.5 Å². The normalized spacial score (nSPS) is 10.6. The fourth-order valence-electron chi connectivity index (χ4n) is 1.95. The zero-order chi connectivity index (χ0) is 14.7. The van der Waals surface area contributed by atoms with Crippen molar-refractivity contribution in [2.24, 2.45) is 0 Å². The lowest BCUT2D eigenvalue weighted by Gasteiger charge is -2.07. The molecule has 1 N–H and O–H groups in total. The maximum Gasteiger partial charge on any atom is 0.254 e. The van der Waals surface area contributed by atoms with E-state index in [0.717, 1.165) is 23.5 Å². The SMILES string of the molecule is Cc1cc(C)n(CCNC(=O)c2ccc(F)cc2F)n1. The number of rotatable bonds is 4. The molecule has 1 heterocycles. The van der Waals surface area contributed by atoms with Gasteiger partial charge in [-0.3, -0.25) is 9.48 Å². The van der Waals surface area contributed by atoms with E-state index in [9.17, 15) is 13.6 Å². The molecule has 0 aliphatic rings. The molecule has 1 amide bonds. The maximum absolute atomic E-state index is 13.4. The van der Waals surface area contributed by atoms with Crippen LogP contribution in [0.5, 0.6) is 0 Å². The molecule has 1 aromatic carbocycles. The van der Waals surface area contributed by atoms with Crippen molar-refractivity contribution in [2.75, 3.05) is 6.54 Å². The van der Waals surface area contributed by atoms with E-state index in [1.807, 2.05) is 19.9 Å². The first-order valence-electron chi connectivity index (χ1n) is 6.21. The third kappa shape index (κ3) is 3.20. The number of aryl methyl sites for hydroxylation is 2. The Bertz CT molecular complexity index is 637. The molecule has 0 radical (unpaired) electrons. The molecule has 0 saturated heterocycles. The van der Waals surface area contributed by atoms with Gasteiger partial charge in [0.25, 0.3) is 5.91 Å². The van der Waals surface area contributed by atoms with Crippen molar-refractivity contribution < 1.29 is 13.6 Å². The molecule has 0 aliphatic carbocycles. The summed E-state index contributed by atoms with van der Waals surface area (Å²) in [4.78, 5) is 11.8. The topological polar surface area (TPSA) is 46.9 Å². The molecule has 20 heavy (non-hydrogen) atoms. The van der Waals surface area contributed by atoms with Gasteiger partial charge in [0.1, 0.15) is 11.6 Å². The lowest BCUT2D eigenvalue weighted by atomic mass is 10.2. The summed E-state index contributed by atoms with van der Waals surface area (Å²) >= 11 is 0. The van der Waals surface area contributed by atoms with Crippen molar-refractivity contribution >= 4 is 5.91 Å². The van der Waals surface area contributed by atoms with Gasteiger partial charge in [-0.25, -0.2) is 8.78 Å². The van der Waals surface area contributed by atoms with E-state index in [0.29, 0.717) is 19.2 Å². The number of amides is 1. The van der Waals surface area contributed by atoms with Crippen molar-refractivity contribution in [1.82, 2.24) is 15.1 Å². The number of hydrogen-bond donors (Lipinski definition) is 1. The molecule has 106 valence electrons. The van der Waals surface area contributed by atoms with Gasteiger partial charge < -0.3 is 5.32 Å². The Morgan fingerprint density at radius 2 is 2.05 bits per heavy atom. The Labute approximate surface area is 115 Å². The average Bonchev–Trinajstić information content (AvgIpc) is 2.67. The fourth-order valence-corrected chi connectivity index (χ4v) is 1.95. The van der Waals surface area contributed by atoms with Gasteiger partial charge >= 0.3 is 0 Å². The average molecular weight is 279 g/mol. The fraction of sp³-hybridized carbons (Fsp3) is 0.286. The third-order valence-electron chi connectivity index (χ3n) is 2.89. The molecule has 6 heteroatoms. The minimum absolute atomic E-state index is 0.167. The Kier molecular flexibility index (Phi) is 4.12. The Morgan fingerprint density at radius 1 is 1.30 bits per heavy atom. The summed E-state index contributed by atoms with van der Waals surface area (Å²) in [6, 6.07) is 4.81. The summed E-state index contributed by atoms with van der Waals surface area (Å²) in [5.74, 6) is -2.14. The predicted molar refractivity (Wildman–Crippen MR) is 70.4 cm³/mol. The van der Waals surface area contributed by atoms with E-state index >= 15 is 0 Å². The van der Waals surface area contributed by atoms with E-state index in [1.54, 1.807) is 4.68 Å². The summed E-state index contributed by atoms with van der Waals surface area (Å²) < 4.78 is 27.9. The Hall–Kier alpha value is -2.24. The summed E-state index contributed by atoms with van der Waals surface area (Å²) in [6.07, 6.45) is 0. The minimum atomic E-state index is -0.867. The Balaban J connectivity index is 1.94. The van der Waals surface area contributed by atoms with Gasteiger partial charge in [0, 0.05) is 18.3 Å². The van der Waals surface area contributed by atoms with Crippen LogP contribution < -0.4 is 5.32 Å². The van der Waals surface area contributed by atoms with Crippen molar-refractivity contribution in [3.8, 4) is 0 Å². The van der Waals surface area contributed by atoms with Gasteiger partial charge in [-0.05, 0) is 32.0 Å². The highest BCUT2D eigenvalue weighted by atomic mass is 19.1.